The molecule has 3 rings (SSSR count). The van der Waals surface area contributed by atoms with Crippen molar-refractivity contribution in [1.29, 1.82) is 0 Å². The van der Waals surface area contributed by atoms with Gasteiger partial charge in [-0.1, -0.05) is 13.8 Å². The number of rotatable bonds is 2. The summed E-state index contributed by atoms with van der Waals surface area (Å²) in [6, 6.07) is 1.26. The van der Waals surface area contributed by atoms with Gasteiger partial charge < -0.3 is 10.3 Å². The van der Waals surface area contributed by atoms with Gasteiger partial charge in [-0.05, 0) is 25.2 Å². The molecule has 0 bridgehead atoms. The molecular weight excluding hydrogens is 236 g/mol. The second-order valence-corrected chi connectivity index (χ2v) is 6.62. The molecule has 19 heavy (non-hydrogen) atoms. The summed E-state index contributed by atoms with van der Waals surface area (Å²) in [7, 11) is 0. The molecule has 1 fully saturated rings. The fourth-order valence-electron chi connectivity index (χ4n) is 3.72. The van der Waals surface area contributed by atoms with E-state index in [1.54, 1.807) is 0 Å². The van der Waals surface area contributed by atoms with Crippen LogP contribution in [0.25, 0.3) is 0 Å². The smallest absolute Gasteiger partial charge is 0.0925 e. The molecule has 0 amide bonds. The molecule has 4 unspecified atom stereocenters. The van der Waals surface area contributed by atoms with Crippen LogP contribution in [0.15, 0.2) is 6.33 Å². The van der Waals surface area contributed by atoms with Crippen LogP contribution >= 0.6 is 0 Å². The molecule has 4 nitrogen and oxygen atoms in total. The SMILES string of the molecule is CC1CC(C)C(C)N(CC2Cc3nc[nH]c3CN2)C1. The Bertz CT molecular complexity index is 428. The van der Waals surface area contributed by atoms with Gasteiger partial charge in [-0.25, -0.2) is 4.98 Å². The largest absolute Gasteiger partial charge is 0.347 e. The molecular formula is C15H26N4. The van der Waals surface area contributed by atoms with Gasteiger partial charge in [0.05, 0.1) is 17.7 Å². The molecule has 0 aliphatic carbocycles. The third kappa shape index (κ3) is 2.70. The third-order valence-corrected chi connectivity index (χ3v) is 4.99. The maximum atomic E-state index is 4.43. The zero-order chi connectivity index (χ0) is 13.4. The van der Waals surface area contributed by atoms with Gasteiger partial charge in [-0.2, -0.15) is 0 Å². The quantitative estimate of drug-likeness (QED) is 0.854. The summed E-state index contributed by atoms with van der Waals surface area (Å²) >= 11 is 0. The minimum absolute atomic E-state index is 0.552. The van der Waals surface area contributed by atoms with Crippen LogP contribution in [0.4, 0.5) is 0 Å². The van der Waals surface area contributed by atoms with Crippen LogP contribution in [0.2, 0.25) is 0 Å². The molecule has 4 heteroatoms. The Balaban J connectivity index is 1.62. The first-order valence-electron chi connectivity index (χ1n) is 7.62. The first-order chi connectivity index (χ1) is 9.13. The summed E-state index contributed by atoms with van der Waals surface area (Å²) in [5.74, 6) is 1.64. The van der Waals surface area contributed by atoms with Crippen LogP contribution in [0.5, 0.6) is 0 Å². The number of H-pyrrole nitrogens is 1. The molecule has 1 aromatic heterocycles. The number of nitrogens with zero attached hydrogens (tertiary/aromatic N) is 2. The maximum Gasteiger partial charge on any atom is 0.0925 e. The van der Waals surface area contributed by atoms with Crippen molar-refractivity contribution in [3.05, 3.63) is 17.7 Å². The van der Waals surface area contributed by atoms with Crippen molar-refractivity contribution in [1.82, 2.24) is 20.2 Å². The van der Waals surface area contributed by atoms with Crippen LogP contribution in [0.1, 0.15) is 38.6 Å². The zero-order valence-corrected chi connectivity index (χ0v) is 12.3. The topological polar surface area (TPSA) is 44.0 Å². The van der Waals surface area contributed by atoms with Crippen LogP contribution < -0.4 is 5.32 Å². The Morgan fingerprint density at radius 1 is 1.37 bits per heavy atom. The highest BCUT2D eigenvalue weighted by Gasteiger charge is 2.31. The van der Waals surface area contributed by atoms with E-state index < -0.39 is 0 Å². The normalized spacial score (nSPS) is 36.2. The average molecular weight is 262 g/mol. The maximum absolute atomic E-state index is 4.43. The lowest BCUT2D eigenvalue weighted by Crippen LogP contribution is -2.52. The highest BCUT2D eigenvalue weighted by molar-refractivity contribution is 5.16. The van der Waals surface area contributed by atoms with Crippen LogP contribution in [0, 0.1) is 11.8 Å². The molecule has 0 spiro atoms. The molecule has 3 heterocycles. The Kier molecular flexibility index (Phi) is 3.63. The predicted octanol–water partition coefficient (Wildman–Crippen LogP) is 1.79. The standard InChI is InChI=1S/C15H26N4/c1-10-4-11(2)12(3)19(7-10)8-13-5-14-15(6-16-13)18-9-17-14/h9-13,16H,4-8H2,1-3H3,(H,17,18). The van der Waals surface area contributed by atoms with Gasteiger partial charge in [0.1, 0.15) is 0 Å². The Morgan fingerprint density at radius 2 is 2.21 bits per heavy atom. The minimum atomic E-state index is 0.552. The lowest BCUT2D eigenvalue weighted by Gasteiger charge is -2.43. The van der Waals surface area contributed by atoms with Crippen molar-refractivity contribution < 1.29 is 0 Å². The fourth-order valence-corrected chi connectivity index (χ4v) is 3.72. The zero-order valence-electron chi connectivity index (χ0n) is 12.3. The van der Waals surface area contributed by atoms with Crippen LogP contribution in [-0.2, 0) is 13.0 Å². The van der Waals surface area contributed by atoms with E-state index in [0.29, 0.717) is 12.1 Å². The Morgan fingerprint density at radius 3 is 3.05 bits per heavy atom. The van der Waals surface area contributed by atoms with Crippen molar-refractivity contribution >= 4 is 0 Å². The average Bonchev–Trinajstić information content (AvgIpc) is 2.82. The van der Waals surface area contributed by atoms with Crippen molar-refractivity contribution in [3.8, 4) is 0 Å². The molecule has 0 aromatic carbocycles. The molecule has 1 aromatic rings. The van der Waals surface area contributed by atoms with Gasteiger partial charge in [-0.3, -0.25) is 4.90 Å². The first kappa shape index (κ1) is 13.1. The molecule has 106 valence electrons. The van der Waals surface area contributed by atoms with Gasteiger partial charge in [-0.15, -0.1) is 0 Å². The number of imidazole rings is 1. The summed E-state index contributed by atoms with van der Waals surface area (Å²) in [5.41, 5.74) is 2.53. The molecule has 0 radical (unpaired) electrons. The number of piperidine rings is 1. The number of aromatic amines is 1. The van der Waals surface area contributed by atoms with E-state index in [-0.39, 0.29) is 0 Å². The van der Waals surface area contributed by atoms with Crippen molar-refractivity contribution in [2.24, 2.45) is 11.8 Å². The van der Waals surface area contributed by atoms with Crippen LogP contribution in [0.3, 0.4) is 0 Å². The molecule has 1 saturated heterocycles. The van der Waals surface area contributed by atoms with E-state index in [0.717, 1.165) is 31.3 Å². The monoisotopic (exact) mass is 262 g/mol. The van der Waals surface area contributed by atoms with Gasteiger partial charge >= 0.3 is 0 Å². The lowest BCUT2D eigenvalue weighted by atomic mass is 9.85. The number of nitrogens with one attached hydrogen (secondary N) is 2. The van der Waals surface area contributed by atoms with Crippen molar-refractivity contribution in [2.45, 2.75) is 52.2 Å². The van der Waals surface area contributed by atoms with Crippen molar-refractivity contribution in [2.75, 3.05) is 13.1 Å². The van der Waals surface area contributed by atoms with E-state index in [4.69, 9.17) is 0 Å². The highest BCUT2D eigenvalue weighted by Crippen LogP contribution is 2.27. The predicted molar refractivity (Wildman–Crippen MR) is 76.9 cm³/mol. The van der Waals surface area contributed by atoms with Crippen LogP contribution in [-0.4, -0.2) is 40.0 Å². The number of aromatic nitrogens is 2. The van der Waals surface area contributed by atoms with Gasteiger partial charge in [0.15, 0.2) is 0 Å². The number of hydrogen-bond donors (Lipinski definition) is 2. The molecule has 2 N–H and O–H groups in total. The van der Waals surface area contributed by atoms with Gasteiger partial charge in [0.25, 0.3) is 0 Å². The second kappa shape index (κ2) is 5.25. The lowest BCUT2D eigenvalue weighted by molar-refractivity contribution is 0.0691. The molecule has 0 saturated carbocycles. The van der Waals surface area contributed by atoms with E-state index in [1.165, 1.54) is 24.4 Å². The Labute approximate surface area is 116 Å². The number of hydrogen-bond acceptors (Lipinski definition) is 3. The molecule has 2 aliphatic rings. The minimum Gasteiger partial charge on any atom is -0.347 e. The number of fused-ring (bicyclic) bond motifs is 1. The second-order valence-electron chi connectivity index (χ2n) is 6.62. The fraction of sp³-hybridized carbons (Fsp3) is 0.800. The van der Waals surface area contributed by atoms with E-state index in [9.17, 15) is 0 Å². The summed E-state index contributed by atoms with van der Waals surface area (Å²) in [6.45, 7) is 10.5. The third-order valence-electron chi connectivity index (χ3n) is 4.99. The Hall–Kier alpha value is -0.870. The van der Waals surface area contributed by atoms with E-state index in [1.807, 2.05) is 6.33 Å². The summed E-state index contributed by atoms with van der Waals surface area (Å²) in [5, 5.41) is 3.65. The summed E-state index contributed by atoms with van der Waals surface area (Å²) < 4.78 is 0. The van der Waals surface area contributed by atoms with Gasteiger partial charge in [0, 0.05) is 38.1 Å². The summed E-state index contributed by atoms with van der Waals surface area (Å²) in [4.78, 5) is 10.3. The molecule has 2 aliphatic heterocycles. The van der Waals surface area contributed by atoms with E-state index in [2.05, 4.69) is 41.0 Å². The molecule has 4 atom stereocenters. The van der Waals surface area contributed by atoms with E-state index >= 15 is 0 Å². The van der Waals surface area contributed by atoms with Gasteiger partial charge in [0.2, 0.25) is 0 Å². The number of likely N-dealkylation sites (tertiary alicyclic amines) is 1. The summed E-state index contributed by atoms with van der Waals surface area (Å²) in [6.07, 6.45) is 4.26. The highest BCUT2D eigenvalue weighted by atomic mass is 15.2. The first-order valence-corrected chi connectivity index (χ1v) is 7.62. The van der Waals surface area contributed by atoms with Crippen molar-refractivity contribution in [3.63, 3.8) is 0 Å².